The van der Waals surface area contributed by atoms with Crippen LogP contribution in [0.3, 0.4) is 0 Å². The number of aromatic amines is 1. The molecule has 0 radical (unpaired) electrons. The number of H-pyrrole nitrogens is 1. The largest absolute Gasteiger partial charge is 0.489 e. The first-order valence-corrected chi connectivity index (χ1v) is 10.0. The molecule has 0 bridgehead atoms. The van der Waals surface area contributed by atoms with Crippen LogP contribution in [-0.4, -0.2) is 45.1 Å². The number of nitrogens with one attached hydrogen (secondary N) is 1. The van der Waals surface area contributed by atoms with Crippen LogP contribution >= 0.6 is 0 Å². The topological polar surface area (TPSA) is 103 Å². The zero-order valence-corrected chi connectivity index (χ0v) is 16.5. The summed E-state index contributed by atoms with van der Waals surface area (Å²) in [5.41, 5.74) is 2.56. The van der Waals surface area contributed by atoms with Gasteiger partial charge in [0.1, 0.15) is 18.4 Å². The smallest absolute Gasteiger partial charge is 0.325 e. The third-order valence-electron chi connectivity index (χ3n) is 5.71. The SMILES string of the molecule is O=C(O)C1CCN([C@@H](C(=O)O)c2c[nH]c3cc(OCc4ccccc4)ccc23)CC1. The Hall–Kier alpha value is -3.32. The van der Waals surface area contributed by atoms with Gasteiger partial charge in [0.05, 0.1) is 5.92 Å². The Labute approximate surface area is 173 Å². The van der Waals surface area contributed by atoms with Gasteiger partial charge in [-0.25, -0.2) is 0 Å². The lowest BCUT2D eigenvalue weighted by Gasteiger charge is -2.34. The van der Waals surface area contributed by atoms with Crippen molar-refractivity contribution in [3.05, 3.63) is 65.9 Å². The monoisotopic (exact) mass is 408 g/mol. The van der Waals surface area contributed by atoms with Crippen LogP contribution in [0.25, 0.3) is 10.9 Å². The van der Waals surface area contributed by atoms with Crippen LogP contribution in [0.5, 0.6) is 5.75 Å². The van der Waals surface area contributed by atoms with Gasteiger partial charge in [0.15, 0.2) is 0 Å². The summed E-state index contributed by atoms with van der Waals surface area (Å²) in [6, 6.07) is 14.7. The quantitative estimate of drug-likeness (QED) is 0.551. The molecule has 1 saturated heterocycles. The number of benzene rings is 2. The molecule has 1 aromatic heterocycles. The lowest BCUT2D eigenvalue weighted by molar-refractivity contribution is -0.146. The molecule has 30 heavy (non-hydrogen) atoms. The van der Waals surface area contributed by atoms with Crippen molar-refractivity contribution in [2.45, 2.75) is 25.5 Å². The number of fused-ring (bicyclic) bond motifs is 1. The summed E-state index contributed by atoms with van der Waals surface area (Å²) in [5, 5.41) is 19.9. The van der Waals surface area contributed by atoms with Crippen LogP contribution in [0.15, 0.2) is 54.7 Å². The van der Waals surface area contributed by atoms with Crippen molar-refractivity contribution in [2.75, 3.05) is 13.1 Å². The molecule has 7 heteroatoms. The second kappa shape index (κ2) is 8.59. The van der Waals surface area contributed by atoms with Crippen molar-refractivity contribution >= 4 is 22.8 Å². The van der Waals surface area contributed by atoms with Gasteiger partial charge in [0, 0.05) is 41.8 Å². The van der Waals surface area contributed by atoms with Crippen LogP contribution in [0.1, 0.15) is 30.0 Å². The van der Waals surface area contributed by atoms with Gasteiger partial charge in [-0.05, 0) is 30.5 Å². The fraction of sp³-hybridized carbons (Fsp3) is 0.304. The predicted octanol–water partition coefficient (Wildman–Crippen LogP) is 3.67. The highest BCUT2D eigenvalue weighted by atomic mass is 16.5. The standard InChI is InChI=1S/C23H24N2O5/c26-22(27)16-8-10-25(11-9-16)21(23(28)29)19-13-24-20-12-17(6-7-18(19)20)30-14-15-4-2-1-3-5-15/h1-7,12-13,16,21,24H,8-11,14H2,(H,26,27)(H,28,29)/t21-/m1/s1. The molecule has 7 nitrogen and oxygen atoms in total. The number of aliphatic carboxylic acids is 2. The van der Waals surface area contributed by atoms with E-state index in [0.717, 1.165) is 16.5 Å². The Kier molecular flexibility index (Phi) is 5.72. The molecule has 0 saturated carbocycles. The van der Waals surface area contributed by atoms with Crippen molar-refractivity contribution in [1.29, 1.82) is 0 Å². The average Bonchev–Trinajstić information content (AvgIpc) is 3.16. The number of carboxylic acids is 2. The Morgan fingerprint density at radius 1 is 1.10 bits per heavy atom. The summed E-state index contributed by atoms with van der Waals surface area (Å²) in [4.78, 5) is 28.3. The van der Waals surface area contributed by atoms with E-state index in [9.17, 15) is 19.8 Å². The Morgan fingerprint density at radius 3 is 2.50 bits per heavy atom. The second-order valence-electron chi connectivity index (χ2n) is 7.61. The molecule has 1 atom stereocenters. The molecular weight excluding hydrogens is 384 g/mol. The highest BCUT2D eigenvalue weighted by Gasteiger charge is 2.34. The van der Waals surface area contributed by atoms with Crippen molar-refractivity contribution in [1.82, 2.24) is 9.88 Å². The second-order valence-corrected chi connectivity index (χ2v) is 7.61. The summed E-state index contributed by atoms with van der Waals surface area (Å²) in [5.74, 6) is -1.44. The van der Waals surface area contributed by atoms with Gasteiger partial charge in [0.2, 0.25) is 0 Å². The lowest BCUT2D eigenvalue weighted by Crippen LogP contribution is -2.41. The normalized spacial score (nSPS) is 16.4. The van der Waals surface area contributed by atoms with Crippen LogP contribution in [0, 0.1) is 5.92 Å². The summed E-state index contributed by atoms with van der Waals surface area (Å²) < 4.78 is 5.87. The van der Waals surface area contributed by atoms with Crippen LogP contribution in [-0.2, 0) is 16.2 Å². The highest BCUT2D eigenvalue weighted by molar-refractivity contribution is 5.90. The number of ether oxygens (including phenoxy) is 1. The van der Waals surface area contributed by atoms with E-state index >= 15 is 0 Å². The van der Waals surface area contributed by atoms with E-state index in [1.165, 1.54) is 0 Å². The zero-order chi connectivity index (χ0) is 21.1. The lowest BCUT2D eigenvalue weighted by atomic mass is 9.94. The molecule has 3 aromatic rings. The molecule has 2 heterocycles. The number of nitrogens with zero attached hydrogens (tertiary/aromatic N) is 1. The van der Waals surface area contributed by atoms with E-state index in [1.807, 2.05) is 53.4 Å². The highest BCUT2D eigenvalue weighted by Crippen LogP contribution is 2.33. The molecule has 1 aliphatic heterocycles. The van der Waals surface area contributed by atoms with Gasteiger partial charge in [-0.15, -0.1) is 0 Å². The van der Waals surface area contributed by atoms with E-state index in [-0.39, 0.29) is 0 Å². The average molecular weight is 408 g/mol. The zero-order valence-electron chi connectivity index (χ0n) is 16.5. The molecule has 2 aromatic carbocycles. The van der Waals surface area contributed by atoms with Gasteiger partial charge in [-0.3, -0.25) is 14.5 Å². The fourth-order valence-electron chi connectivity index (χ4n) is 4.08. The minimum atomic E-state index is -0.936. The van der Waals surface area contributed by atoms with Crippen LogP contribution < -0.4 is 4.74 Å². The molecule has 0 unspecified atom stereocenters. The maximum Gasteiger partial charge on any atom is 0.325 e. The van der Waals surface area contributed by atoms with Crippen molar-refractivity contribution in [2.24, 2.45) is 5.92 Å². The number of aromatic nitrogens is 1. The molecule has 1 fully saturated rings. The van der Waals surface area contributed by atoms with Gasteiger partial charge < -0.3 is 19.9 Å². The third kappa shape index (κ3) is 4.16. The van der Waals surface area contributed by atoms with E-state index in [1.54, 1.807) is 6.20 Å². The Balaban J connectivity index is 1.52. The summed E-state index contributed by atoms with van der Waals surface area (Å²) >= 11 is 0. The van der Waals surface area contributed by atoms with E-state index in [4.69, 9.17) is 4.74 Å². The number of carbonyl (C=O) groups is 2. The Morgan fingerprint density at radius 2 is 1.83 bits per heavy atom. The maximum absolute atomic E-state index is 12.1. The van der Waals surface area contributed by atoms with Crippen LogP contribution in [0.2, 0.25) is 0 Å². The van der Waals surface area contributed by atoms with E-state index in [2.05, 4.69) is 4.98 Å². The van der Waals surface area contributed by atoms with Gasteiger partial charge in [0.25, 0.3) is 0 Å². The number of carboxylic acid groups (broad SMARTS) is 2. The molecule has 0 aliphatic carbocycles. The third-order valence-corrected chi connectivity index (χ3v) is 5.71. The number of hydrogen-bond donors (Lipinski definition) is 3. The summed E-state index contributed by atoms with van der Waals surface area (Å²) in [6.45, 7) is 1.34. The summed E-state index contributed by atoms with van der Waals surface area (Å²) in [6.07, 6.45) is 2.64. The van der Waals surface area contributed by atoms with Gasteiger partial charge in [-0.2, -0.15) is 0 Å². The van der Waals surface area contributed by atoms with E-state index in [0.29, 0.717) is 43.9 Å². The van der Waals surface area contributed by atoms with Gasteiger partial charge >= 0.3 is 11.9 Å². The molecule has 4 rings (SSSR count). The number of piperidine rings is 1. The Bertz CT molecular complexity index is 1040. The van der Waals surface area contributed by atoms with Crippen molar-refractivity contribution in [3.63, 3.8) is 0 Å². The van der Waals surface area contributed by atoms with E-state index < -0.39 is 23.9 Å². The van der Waals surface area contributed by atoms with Crippen molar-refractivity contribution in [3.8, 4) is 5.75 Å². The fourth-order valence-corrected chi connectivity index (χ4v) is 4.08. The number of hydrogen-bond acceptors (Lipinski definition) is 4. The summed E-state index contributed by atoms with van der Waals surface area (Å²) in [7, 11) is 0. The van der Waals surface area contributed by atoms with Gasteiger partial charge in [-0.1, -0.05) is 30.3 Å². The molecular formula is C23H24N2O5. The minimum absolute atomic E-state index is 0.400. The molecule has 0 amide bonds. The first kappa shape index (κ1) is 20.0. The molecule has 156 valence electrons. The molecule has 0 spiro atoms. The number of likely N-dealkylation sites (tertiary alicyclic amines) is 1. The van der Waals surface area contributed by atoms with Crippen molar-refractivity contribution < 1.29 is 24.5 Å². The molecule has 3 N–H and O–H groups in total. The maximum atomic E-state index is 12.1. The number of rotatable bonds is 7. The predicted molar refractivity (Wildman–Crippen MR) is 111 cm³/mol. The molecule has 1 aliphatic rings. The first-order valence-electron chi connectivity index (χ1n) is 10.0. The minimum Gasteiger partial charge on any atom is -0.489 e. The van der Waals surface area contributed by atoms with Crippen LogP contribution in [0.4, 0.5) is 0 Å². The first-order chi connectivity index (χ1) is 14.5.